The smallest absolute Gasteiger partial charge is 0.320 e. The van der Waals surface area contributed by atoms with Crippen LogP contribution >= 0.6 is 0 Å². The molecule has 0 aliphatic carbocycles. The fourth-order valence-corrected chi connectivity index (χ4v) is 4.24. The van der Waals surface area contributed by atoms with E-state index in [4.69, 9.17) is 10.5 Å². The minimum atomic E-state index is -0.911. The van der Waals surface area contributed by atoms with Crippen LogP contribution in [-0.2, 0) is 4.74 Å². The molecule has 1 aliphatic heterocycles. The van der Waals surface area contributed by atoms with Crippen LogP contribution in [0.2, 0.25) is 0 Å². The number of urea groups is 1. The highest BCUT2D eigenvalue weighted by Gasteiger charge is 2.35. The van der Waals surface area contributed by atoms with Crippen molar-refractivity contribution in [2.24, 2.45) is 0 Å². The van der Waals surface area contributed by atoms with E-state index in [1.54, 1.807) is 24.8 Å². The quantitative estimate of drug-likeness (QED) is 0.493. The van der Waals surface area contributed by atoms with E-state index in [0.717, 1.165) is 11.8 Å². The van der Waals surface area contributed by atoms with Gasteiger partial charge in [0.15, 0.2) is 17.5 Å². The van der Waals surface area contributed by atoms with Gasteiger partial charge in [0.1, 0.15) is 0 Å². The van der Waals surface area contributed by atoms with Gasteiger partial charge in [-0.2, -0.15) is 5.10 Å². The fraction of sp³-hybridized carbons (Fsp3) is 0.333. The number of aromatic nitrogens is 2. The number of nitrogen functional groups attached to an aromatic ring is 1. The third-order valence-corrected chi connectivity index (χ3v) is 6.03. The van der Waals surface area contributed by atoms with E-state index >= 15 is 0 Å². The van der Waals surface area contributed by atoms with Crippen LogP contribution in [0.4, 0.5) is 25.1 Å². The summed E-state index contributed by atoms with van der Waals surface area (Å²) in [6, 6.07) is 12.4. The summed E-state index contributed by atoms with van der Waals surface area (Å²) in [5.41, 5.74) is 8.52. The molecule has 0 unspecified atom stereocenters. The van der Waals surface area contributed by atoms with E-state index in [0.29, 0.717) is 49.0 Å². The van der Waals surface area contributed by atoms with Crippen molar-refractivity contribution >= 4 is 17.5 Å². The number of nitrogens with zero attached hydrogens (tertiary/aromatic N) is 3. The number of nitrogens with two attached hydrogens (primary N) is 1. The lowest BCUT2D eigenvalue weighted by molar-refractivity contribution is 0.159. The van der Waals surface area contributed by atoms with E-state index in [1.165, 1.54) is 6.07 Å². The number of hydrogen-bond donors (Lipinski definition) is 3. The molecule has 0 bridgehead atoms. The van der Waals surface area contributed by atoms with Crippen molar-refractivity contribution in [2.45, 2.75) is 18.9 Å². The van der Waals surface area contributed by atoms with Crippen LogP contribution < -0.4 is 16.4 Å². The number of rotatable bonds is 7. The molecule has 3 aromatic rings. The van der Waals surface area contributed by atoms with E-state index in [1.807, 2.05) is 30.3 Å². The summed E-state index contributed by atoms with van der Waals surface area (Å²) >= 11 is 0. The number of nitrogens with one attached hydrogen (secondary N) is 2. The Morgan fingerprint density at radius 2 is 1.94 bits per heavy atom. The number of carbonyl (C=O) groups is 1. The average Bonchev–Trinajstić information content (AvgIpc) is 3.35. The molecule has 4 rings (SSSR count). The summed E-state index contributed by atoms with van der Waals surface area (Å²) in [6.45, 7) is 4.05. The molecule has 4 N–H and O–H groups in total. The van der Waals surface area contributed by atoms with E-state index < -0.39 is 17.7 Å². The maximum Gasteiger partial charge on any atom is 0.320 e. The Hall–Kier alpha value is -3.50. The number of carbonyl (C=O) groups excluding carboxylic acids is 1. The molecule has 34 heavy (non-hydrogen) atoms. The first kappa shape index (κ1) is 23.7. The molecule has 10 heteroatoms. The third-order valence-electron chi connectivity index (χ3n) is 6.03. The van der Waals surface area contributed by atoms with Gasteiger partial charge >= 0.3 is 6.03 Å². The van der Waals surface area contributed by atoms with Crippen LogP contribution in [0.1, 0.15) is 17.2 Å². The molecular formula is C24H28F2N6O2. The summed E-state index contributed by atoms with van der Waals surface area (Å²) < 4.78 is 34.2. The highest BCUT2D eigenvalue weighted by Crippen LogP contribution is 2.30. The van der Waals surface area contributed by atoms with Gasteiger partial charge in [0.2, 0.25) is 0 Å². The molecule has 0 spiro atoms. The number of amides is 2. The predicted molar refractivity (Wildman–Crippen MR) is 126 cm³/mol. The second-order valence-corrected chi connectivity index (χ2v) is 8.33. The maximum atomic E-state index is 13.9. The highest BCUT2D eigenvalue weighted by atomic mass is 19.2. The number of ether oxygens (including phenoxy) is 1. The van der Waals surface area contributed by atoms with Gasteiger partial charge in [-0.25, -0.2) is 18.3 Å². The molecule has 180 valence electrons. The molecule has 1 aromatic heterocycles. The second kappa shape index (κ2) is 10.2. The van der Waals surface area contributed by atoms with Gasteiger partial charge in [0.25, 0.3) is 0 Å². The second-order valence-electron chi connectivity index (χ2n) is 8.33. The van der Waals surface area contributed by atoms with Crippen LogP contribution in [0.15, 0.2) is 48.5 Å². The summed E-state index contributed by atoms with van der Waals surface area (Å²) in [4.78, 5) is 15.2. The molecular weight excluding hydrogens is 442 g/mol. The van der Waals surface area contributed by atoms with Gasteiger partial charge < -0.3 is 15.8 Å². The van der Waals surface area contributed by atoms with Gasteiger partial charge in [-0.3, -0.25) is 10.2 Å². The van der Waals surface area contributed by atoms with Gasteiger partial charge in [-0.05, 0) is 36.8 Å². The van der Waals surface area contributed by atoms with E-state index in [2.05, 4.69) is 20.6 Å². The number of likely N-dealkylation sites (tertiary alicyclic amines) is 1. The minimum Gasteiger partial charge on any atom is -0.394 e. The van der Waals surface area contributed by atoms with Crippen molar-refractivity contribution in [1.29, 1.82) is 0 Å². The Morgan fingerprint density at radius 3 is 2.65 bits per heavy atom. The average molecular weight is 471 g/mol. The van der Waals surface area contributed by atoms with Crippen LogP contribution in [0.3, 0.4) is 0 Å². The maximum absolute atomic E-state index is 13.9. The van der Waals surface area contributed by atoms with Crippen molar-refractivity contribution < 1.29 is 18.3 Å². The summed E-state index contributed by atoms with van der Waals surface area (Å²) in [5, 5.41) is 10.3. The Balaban J connectivity index is 1.54. The van der Waals surface area contributed by atoms with Gasteiger partial charge in [-0.1, -0.05) is 24.3 Å². The zero-order valence-corrected chi connectivity index (χ0v) is 19.1. The standard InChI is InChI=1S/C24H28F2N6O2/c1-15-22(27)23(32(30-15)17-6-4-3-5-7-17)29-24(33)28-21-14-31(10-11-34-2)13-18(21)16-8-9-19(25)20(26)12-16/h3-9,12,18,21H,10-11,13-14,27H2,1-2H3,(H2,28,29,33)/t18-,21+/m0/s1. The summed E-state index contributed by atoms with van der Waals surface area (Å²) in [6.07, 6.45) is 0. The number of halogens is 2. The lowest BCUT2D eigenvalue weighted by Gasteiger charge is -2.21. The summed E-state index contributed by atoms with van der Waals surface area (Å²) in [5.74, 6) is -1.68. The van der Waals surface area contributed by atoms with Crippen molar-refractivity contribution in [3.63, 3.8) is 0 Å². The van der Waals surface area contributed by atoms with Crippen molar-refractivity contribution in [3.8, 4) is 5.69 Å². The molecule has 0 saturated carbocycles. The Bertz CT molecular complexity index is 1150. The van der Waals surface area contributed by atoms with Crippen molar-refractivity contribution in [1.82, 2.24) is 20.0 Å². The molecule has 2 atom stereocenters. The number of benzene rings is 2. The molecule has 1 aliphatic rings. The van der Waals surface area contributed by atoms with Crippen molar-refractivity contribution in [3.05, 3.63) is 71.4 Å². The predicted octanol–water partition coefficient (Wildman–Crippen LogP) is 3.28. The largest absolute Gasteiger partial charge is 0.394 e. The van der Waals surface area contributed by atoms with Crippen LogP contribution in [0.5, 0.6) is 0 Å². The third kappa shape index (κ3) is 5.02. The lowest BCUT2D eigenvalue weighted by Crippen LogP contribution is -2.42. The fourth-order valence-electron chi connectivity index (χ4n) is 4.24. The monoisotopic (exact) mass is 470 g/mol. The van der Waals surface area contributed by atoms with Crippen LogP contribution in [0, 0.1) is 18.6 Å². The SMILES string of the molecule is COCCN1C[C@@H](NC(=O)Nc2c(N)c(C)nn2-c2ccccc2)[C@H](c2ccc(F)c(F)c2)C1. The molecule has 1 fully saturated rings. The number of aryl methyl sites for hydroxylation is 1. The van der Waals surface area contributed by atoms with Gasteiger partial charge in [0.05, 0.1) is 29.7 Å². The number of hydrogen-bond acceptors (Lipinski definition) is 5. The number of methoxy groups -OCH3 is 1. The van der Waals surface area contributed by atoms with Gasteiger partial charge in [0, 0.05) is 32.7 Å². The van der Waals surface area contributed by atoms with Crippen LogP contribution in [-0.4, -0.2) is 60.1 Å². The Morgan fingerprint density at radius 1 is 1.18 bits per heavy atom. The lowest BCUT2D eigenvalue weighted by atomic mass is 9.94. The molecule has 1 saturated heterocycles. The molecule has 8 nitrogen and oxygen atoms in total. The topological polar surface area (TPSA) is 97.4 Å². The van der Waals surface area contributed by atoms with Gasteiger partial charge in [-0.15, -0.1) is 0 Å². The first-order chi connectivity index (χ1) is 16.4. The Kier molecular flexibility index (Phi) is 7.09. The number of para-hydroxylation sites is 1. The highest BCUT2D eigenvalue weighted by molar-refractivity contribution is 5.92. The minimum absolute atomic E-state index is 0.226. The molecule has 2 amide bonds. The first-order valence-corrected chi connectivity index (χ1v) is 11.0. The van der Waals surface area contributed by atoms with E-state index in [9.17, 15) is 13.6 Å². The molecule has 2 heterocycles. The van der Waals surface area contributed by atoms with Crippen molar-refractivity contribution in [2.75, 3.05) is 44.4 Å². The summed E-state index contributed by atoms with van der Waals surface area (Å²) in [7, 11) is 1.62. The number of anilines is 2. The zero-order chi connectivity index (χ0) is 24.2. The first-order valence-electron chi connectivity index (χ1n) is 11.0. The zero-order valence-electron chi connectivity index (χ0n) is 19.1. The molecule has 0 radical (unpaired) electrons. The normalized spacial score (nSPS) is 18.2. The Labute approximate surface area is 196 Å². The van der Waals surface area contributed by atoms with E-state index in [-0.39, 0.29) is 12.0 Å². The van der Waals surface area contributed by atoms with Crippen LogP contribution in [0.25, 0.3) is 5.69 Å². The molecule has 2 aromatic carbocycles.